The number of hydrogen-bond acceptors (Lipinski definition) is 5. The maximum Gasteiger partial charge on any atom is 0.347 e. The molecule has 0 radical (unpaired) electrons. The fourth-order valence-corrected chi connectivity index (χ4v) is 3.10. The van der Waals surface area contributed by atoms with E-state index in [1.807, 2.05) is 19.1 Å². The SMILES string of the molecule is Cc1ccc(OCC(=O)Nc2ccc(C(=O)Oc3ccccc3)c(O)c2)c(Br)c1. The van der Waals surface area contributed by atoms with Gasteiger partial charge in [-0.05, 0) is 64.8 Å². The van der Waals surface area contributed by atoms with Gasteiger partial charge in [0.2, 0.25) is 0 Å². The minimum atomic E-state index is -0.695. The lowest BCUT2D eigenvalue weighted by Crippen LogP contribution is -2.20. The lowest BCUT2D eigenvalue weighted by molar-refractivity contribution is -0.118. The number of carbonyl (C=O) groups excluding carboxylic acids is 2. The molecule has 0 aliphatic heterocycles. The fourth-order valence-electron chi connectivity index (χ4n) is 2.50. The average molecular weight is 456 g/mol. The van der Waals surface area contributed by atoms with Crippen LogP contribution in [0.1, 0.15) is 15.9 Å². The molecule has 0 saturated carbocycles. The topological polar surface area (TPSA) is 84.9 Å². The Hall–Kier alpha value is -3.32. The Morgan fingerprint density at radius 2 is 1.79 bits per heavy atom. The number of amides is 1. The summed E-state index contributed by atoms with van der Waals surface area (Å²) in [7, 11) is 0. The van der Waals surface area contributed by atoms with Crippen LogP contribution < -0.4 is 14.8 Å². The molecule has 3 aromatic carbocycles. The van der Waals surface area contributed by atoms with Crippen LogP contribution in [0.2, 0.25) is 0 Å². The van der Waals surface area contributed by atoms with Gasteiger partial charge in [-0.2, -0.15) is 0 Å². The normalized spacial score (nSPS) is 10.3. The number of aryl methyl sites for hydroxylation is 1. The summed E-state index contributed by atoms with van der Waals surface area (Å²) >= 11 is 3.39. The third-order valence-electron chi connectivity index (χ3n) is 3.90. The molecular formula is C22H18BrNO5. The molecule has 0 spiro atoms. The van der Waals surface area contributed by atoms with Crippen LogP contribution in [0, 0.1) is 6.92 Å². The van der Waals surface area contributed by atoms with E-state index in [-0.39, 0.29) is 17.9 Å². The molecule has 3 aromatic rings. The van der Waals surface area contributed by atoms with Crippen molar-refractivity contribution >= 4 is 33.5 Å². The number of anilines is 1. The Bertz CT molecular complexity index is 1040. The first-order chi connectivity index (χ1) is 13.9. The Kier molecular flexibility index (Phi) is 6.51. The molecule has 0 aliphatic rings. The molecular weight excluding hydrogens is 438 g/mol. The van der Waals surface area contributed by atoms with Gasteiger partial charge in [0.15, 0.2) is 6.61 Å². The summed E-state index contributed by atoms with van der Waals surface area (Å²) in [6.07, 6.45) is 0. The Morgan fingerprint density at radius 3 is 2.48 bits per heavy atom. The molecule has 0 atom stereocenters. The van der Waals surface area contributed by atoms with Crippen molar-refractivity contribution in [3.63, 3.8) is 0 Å². The Morgan fingerprint density at radius 1 is 1.03 bits per heavy atom. The van der Waals surface area contributed by atoms with Crippen molar-refractivity contribution in [3.8, 4) is 17.2 Å². The summed E-state index contributed by atoms with van der Waals surface area (Å²) in [5.74, 6) is -0.483. The van der Waals surface area contributed by atoms with Crippen molar-refractivity contribution in [1.82, 2.24) is 0 Å². The van der Waals surface area contributed by atoms with Gasteiger partial charge in [0.25, 0.3) is 5.91 Å². The first kappa shape index (κ1) is 20.4. The van der Waals surface area contributed by atoms with Crippen molar-refractivity contribution in [3.05, 3.63) is 82.3 Å². The van der Waals surface area contributed by atoms with E-state index in [2.05, 4.69) is 21.2 Å². The number of phenols is 1. The van der Waals surface area contributed by atoms with E-state index in [0.29, 0.717) is 17.2 Å². The zero-order valence-corrected chi connectivity index (χ0v) is 17.1. The van der Waals surface area contributed by atoms with Crippen LogP contribution in [0.5, 0.6) is 17.2 Å². The van der Waals surface area contributed by atoms with E-state index in [0.717, 1.165) is 10.0 Å². The first-order valence-electron chi connectivity index (χ1n) is 8.71. The largest absolute Gasteiger partial charge is 0.507 e. The number of halogens is 1. The standard InChI is InChI=1S/C22H18BrNO5/c1-14-7-10-20(18(23)11-14)28-13-21(26)24-15-8-9-17(19(25)12-15)22(27)29-16-5-3-2-4-6-16/h2-12,25H,13H2,1H3,(H,24,26). The number of carbonyl (C=O) groups is 2. The highest BCUT2D eigenvalue weighted by atomic mass is 79.9. The first-order valence-corrected chi connectivity index (χ1v) is 9.51. The molecule has 0 aliphatic carbocycles. The highest BCUT2D eigenvalue weighted by Gasteiger charge is 2.15. The van der Waals surface area contributed by atoms with Crippen LogP contribution in [0.25, 0.3) is 0 Å². The maximum absolute atomic E-state index is 12.2. The highest BCUT2D eigenvalue weighted by molar-refractivity contribution is 9.10. The zero-order chi connectivity index (χ0) is 20.8. The molecule has 3 rings (SSSR count). The quantitative estimate of drug-likeness (QED) is 0.415. The summed E-state index contributed by atoms with van der Waals surface area (Å²) in [5, 5.41) is 12.7. The van der Waals surface area contributed by atoms with Gasteiger partial charge in [-0.25, -0.2) is 4.79 Å². The van der Waals surface area contributed by atoms with E-state index in [1.54, 1.807) is 36.4 Å². The summed E-state index contributed by atoms with van der Waals surface area (Å²) < 4.78 is 11.4. The monoisotopic (exact) mass is 455 g/mol. The molecule has 29 heavy (non-hydrogen) atoms. The molecule has 0 saturated heterocycles. The van der Waals surface area contributed by atoms with Gasteiger partial charge in [0.1, 0.15) is 22.8 Å². The molecule has 1 amide bonds. The second-order valence-corrected chi connectivity index (χ2v) is 7.06. The molecule has 2 N–H and O–H groups in total. The number of esters is 1. The molecule has 0 unspecified atom stereocenters. The third kappa shape index (κ3) is 5.58. The van der Waals surface area contributed by atoms with Crippen LogP contribution in [0.3, 0.4) is 0 Å². The van der Waals surface area contributed by atoms with Gasteiger partial charge in [-0.3, -0.25) is 4.79 Å². The summed E-state index contributed by atoms with van der Waals surface area (Å²) in [5.41, 5.74) is 1.39. The van der Waals surface area contributed by atoms with E-state index < -0.39 is 11.9 Å². The number of para-hydroxylation sites is 1. The Labute approximate surface area is 176 Å². The molecule has 6 nitrogen and oxygen atoms in total. The van der Waals surface area contributed by atoms with E-state index >= 15 is 0 Å². The zero-order valence-electron chi connectivity index (χ0n) is 15.5. The van der Waals surface area contributed by atoms with Crippen LogP contribution in [-0.4, -0.2) is 23.6 Å². The smallest absolute Gasteiger partial charge is 0.347 e. The van der Waals surface area contributed by atoms with Crippen molar-refractivity contribution in [2.24, 2.45) is 0 Å². The average Bonchev–Trinajstić information content (AvgIpc) is 2.68. The predicted molar refractivity (Wildman–Crippen MR) is 113 cm³/mol. The van der Waals surface area contributed by atoms with E-state index in [9.17, 15) is 14.7 Å². The number of aromatic hydroxyl groups is 1. The molecule has 0 fully saturated rings. The number of phenolic OH excluding ortho intramolecular Hbond substituents is 1. The van der Waals surface area contributed by atoms with Gasteiger partial charge in [-0.1, -0.05) is 24.3 Å². The number of nitrogens with one attached hydrogen (secondary N) is 1. The molecule has 0 heterocycles. The fraction of sp³-hybridized carbons (Fsp3) is 0.0909. The van der Waals surface area contributed by atoms with Crippen LogP contribution in [-0.2, 0) is 4.79 Å². The molecule has 0 bridgehead atoms. The van der Waals surface area contributed by atoms with E-state index in [1.165, 1.54) is 18.2 Å². The summed E-state index contributed by atoms with van der Waals surface area (Å²) in [6, 6.07) is 18.2. The number of ether oxygens (including phenoxy) is 2. The lowest BCUT2D eigenvalue weighted by Gasteiger charge is -2.11. The van der Waals surface area contributed by atoms with Gasteiger partial charge < -0.3 is 19.9 Å². The van der Waals surface area contributed by atoms with Crippen molar-refractivity contribution < 1.29 is 24.2 Å². The van der Waals surface area contributed by atoms with Gasteiger partial charge in [-0.15, -0.1) is 0 Å². The minimum Gasteiger partial charge on any atom is -0.507 e. The summed E-state index contributed by atoms with van der Waals surface area (Å²) in [4.78, 5) is 24.3. The van der Waals surface area contributed by atoms with E-state index in [4.69, 9.17) is 9.47 Å². The number of benzene rings is 3. The van der Waals surface area contributed by atoms with Crippen LogP contribution >= 0.6 is 15.9 Å². The molecule has 148 valence electrons. The number of rotatable bonds is 6. The lowest BCUT2D eigenvalue weighted by atomic mass is 10.2. The van der Waals surface area contributed by atoms with Crippen molar-refractivity contribution in [2.45, 2.75) is 6.92 Å². The maximum atomic E-state index is 12.2. The van der Waals surface area contributed by atoms with Gasteiger partial charge in [0.05, 0.1) is 4.47 Å². The molecule has 7 heteroatoms. The second kappa shape index (κ2) is 9.25. The predicted octanol–water partition coefficient (Wildman–Crippen LogP) is 4.70. The van der Waals surface area contributed by atoms with Crippen LogP contribution in [0.15, 0.2) is 71.2 Å². The Balaban J connectivity index is 1.59. The minimum absolute atomic E-state index is 0.00770. The summed E-state index contributed by atoms with van der Waals surface area (Å²) in [6.45, 7) is 1.74. The molecule has 0 aromatic heterocycles. The third-order valence-corrected chi connectivity index (χ3v) is 4.52. The van der Waals surface area contributed by atoms with Crippen LogP contribution in [0.4, 0.5) is 5.69 Å². The second-order valence-electron chi connectivity index (χ2n) is 6.21. The van der Waals surface area contributed by atoms with Crippen molar-refractivity contribution in [1.29, 1.82) is 0 Å². The van der Waals surface area contributed by atoms with Crippen molar-refractivity contribution in [2.75, 3.05) is 11.9 Å². The highest BCUT2D eigenvalue weighted by Crippen LogP contribution is 2.26. The number of hydrogen-bond donors (Lipinski definition) is 2. The van der Waals surface area contributed by atoms with Gasteiger partial charge >= 0.3 is 5.97 Å². The van der Waals surface area contributed by atoms with Gasteiger partial charge in [0, 0.05) is 11.8 Å².